The van der Waals surface area contributed by atoms with E-state index >= 15 is 0 Å². The van der Waals surface area contributed by atoms with Crippen LogP contribution in [0.25, 0.3) is 0 Å². The van der Waals surface area contributed by atoms with E-state index in [1.165, 1.54) is 6.26 Å². The molecule has 130 valence electrons. The van der Waals surface area contributed by atoms with Gasteiger partial charge in [0.25, 0.3) is 5.91 Å². The number of piperidine rings is 1. The maximum Gasteiger partial charge on any atom is 0.257 e. The molecule has 0 aromatic carbocycles. The lowest BCUT2D eigenvalue weighted by atomic mass is 9.96. The molecule has 0 N–H and O–H groups in total. The van der Waals surface area contributed by atoms with Crippen LogP contribution in [-0.4, -0.2) is 59.0 Å². The van der Waals surface area contributed by atoms with Gasteiger partial charge in [0.2, 0.25) is 0 Å². The summed E-state index contributed by atoms with van der Waals surface area (Å²) in [7, 11) is 4.19. The second-order valence-electron chi connectivity index (χ2n) is 6.74. The molecule has 0 radical (unpaired) electrons. The first kappa shape index (κ1) is 16.8. The van der Waals surface area contributed by atoms with Gasteiger partial charge in [-0.05, 0) is 46.0 Å². The lowest BCUT2D eigenvalue weighted by Crippen LogP contribution is -2.39. The summed E-state index contributed by atoms with van der Waals surface area (Å²) in [4.78, 5) is 21.3. The number of hydrogen-bond acceptors (Lipinski definition) is 4. The van der Waals surface area contributed by atoms with E-state index in [2.05, 4.69) is 34.7 Å². The number of hydrogen-bond donors (Lipinski definition) is 0. The van der Waals surface area contributed by atoms with Crippen molar-refractivity contribution >= 4 is 5.91 Å². The van der Waals surface area contributed by atoms with E-state index in [0.29, 0.717) is 11.5 Å². The molecular weight excluding hydrogens is 304 g/mol. The van der Waals surface area contributed by atoms with Crippen LogP contribution in [-0.2, 0) is 6.54 Å². The Morgan fingerprint density at radius 2 is 2.33 bits per heavy atom. The molecule has 1 atom stereocenters. The monoisotopic (exact) mass is 330 g/mol. The molecule has 24 heavy (non-hydrogen) atoms. The second kappa shape index (κ2) is 7.66. The van der Waals surface area contributed by atoms with Gasteiger partial charge in [-0.15, -0.1) is 0 Å². The molecule has 1 aliphatic rings. The fourth-order valence-corrected chi connectivity index (χ4v) is 3.37. The lowest BCUT2D eigenvalue weighted by Gasteiger charge is -2.32. The first-order chi connectivity index (χ1) is 11.6. The number of carbonyl (C=O) groups excluding carboxylic acids is 1. The Bertz CT molecular complexity index is 648. The van der Waals surface area contributed by atoms with Gasteiger partial charge in [-0.25, -0.2) is 4.98 Å². The molecule has 1 fully saturated rings. The van der Waals surface area contributed by atoms with Crippen molar-refractivity contribution in [1.29, 1.82) is 0 Å². The van der Waals surface area contributed by atoms with Crippen molar-refractivity contribution in [3.8, 4) is 0 Å². The number of rotatable bonds is 6. The van der Waals surface area contributed by atoms with Gasteiger partial charge in [-0.3, -0.25) is 4.79 Å². The van der Waals surface area contributed by atoms with Crippen LogP contribution < -0.4 is 0 Å². The molecule has 0 spiro atoms. The van der Waals surface area contributed by atoms with E-state index in [1.54, 1.807) is 12.3 Å². The summed E-state index contributed by atoms with van der Waals surface area (Å²) >= 11 is 0. The van der Waals surface area contributed by atoms with E-state index < -0.39 is 0 Å². The van der Waals surface area contributed by atoms with E-state index in [9.17, 15) is 4.79 Å². The van der Waals surface area contributed by atoms with Crippen LogP contribution in [0.2, 0.25) is 0 Å². The summed E-state index contributed by atoms with van der Waals surface area (Å²) < 4.78 is 7.29. The average molecular weight is 330 g/mol. The number of amides is 1. The quantitative estimate of drug-likeness (QED) is 0.816. The molecule has 0 saturated carbocycles. The SMILES string of the molecule is CN(C)CCCn1ccnc1[C@H]1CCCN(C(=O)c2ccoc2)C1. The summed E-state index contributed by atoms with van der Waals surface area (Å²) in [6, 6.07) is 1.73. The van der Waals surface area contributed by atoms with Crippen LogP contribution in [0, 0.1) is 0 Å². The first-order valence-electron chi connectivity index (χ1n) is 8.62. The van der Waals surface area contributed by atoms with Gasteiger partial charge in [0.05, 0.1) is 11.8 Å². The number of nitrogens with zero attached hydrogens (tertiary/aromatic N) is 4. The summed E-state index contributed by atoms with van der Waals surface area (Å²) in [5.74, 6) is 1.47. The van der Waals surface area contributed by atoms with Crippen molar-refractivity contribution in [2.45, 2.75) is 31.7 Å². The fraction of sp³-hybridized carbons (Fsp3) is 0.556. The van der Waals surface area contributed by atoms with Gasteiger partial charge >= 0.3 is 0 Å². The zero-order valence-corrected chi connectivity index (χ0v) is 14.5. The minimum atomic E-state index is 0.0548. The molecule has 1 amide bonds. The number of aromatic nitrogens is 2. The smallest absolute Gasteiger partial charge is 0.257 e. The topological polar surface area (TPSA) is 54.5 Å². The van der Waals surface area contributed by atoms with Crippen LogP contribution in [0.15, 0.2) is 35.4 Å². The maximum absolute atomic E-state index is 12.5. The third-order valence-corrected chi connectivity index (χ3v) is 4.59. The van der Waals surface area contributed by atoms with Crippen molar-refractivity contribution in [3.05, 3.63) is 42.4 Å². The van der Waals surface area contributed by atoms with Gasteiger partial charge in [-0.2, -0.15) is 0 Å². The molecule has 1 aliphatic heterocycles. The zero-order valence-electron chi connectivity index (χ0n) is 14.5. The number of imidazole rings is 1. The third-order valence-electron chi connectivity index (χ3n) is 4.59. The highest BCUT2D eigenvalue weighted by atomic mass is 16.3. The first-order valence-corrected chi connectivity index (χ1v) is 8.62. The minimum Gasteiger partial charge on any atom is -0.472 e. The number of likely N-dealkylation sites (tertiary alicyclic amines) is 1. The highest BCUT2D eigenvalue weighted by molar-refractivity contribution is 5.93. The van der Waals surface area contributed by atoms with Gasteiger partial charge in [0.1, 0.15) is 12.1 Å². The molecule has 2 aromatic heterocycles. The van der Waals surface area contributed by atoms with E-state index in [1.807, 2.05) is 11.1 Å². The van der Waals surface area contributed by atoms with Crippen LogP contribution in [0.3, 0.4) is 0 Å². The summed E-state index contributed by atoms with van der Waals surface area (Å²) in [6.45, 7) is 3.57. The molecule has 0 aliphatic carbocycles. The van der Waals surface area contributed by atoms with Gasteiger partial charge in [-0.1, -0.05) is 0 Å². The van der Waals surface area contributed by atoms with Crippen LogP contribution >= 0.6 is 0 Å². The predicted molar refractivity (Wildman–Crippen MR) is 92.0 cm³/mol. The Morgan fingerprint density at radius 1 is 1.46 bits per heavy atom. The van der Waals surface area contributed by atoms with Crippen molar-refractivity contribution in [1.82, 2.24) is 19.4 Å². The molecule has 0 unspecified atom stereocenters. The summed E-state index contributed by atoms with van der Waals surface area (Å²) in [5, 5.41) is 0. The van der Waals surface area contributed by atoms with Crippen LogP contribution in [0.5, 0.6) is 0 Å². The lowest BCUT2D eigenvalue weighted by molar-refractivity contribution is 0.0702. The molecule has 0 bridgehead atoms. The molecule has 3 rings (SSSR count). The van der Waals surface area contributed by atoms with Gasteiger partial charge in [0.15, 0.2) is 0 Å². The predicted octanol–water partition coefficient (Wildman–Crippen LogP) is 2.45. The second-order valence-corrected chi connectivity index (χ2v) is 6.74. The van der Waals surface area contributed by atoms with Crippen LogP contribution in [0.1, 0.15) is 41.4 Å². The number of aryl methyl sites for hydroxylation is 1. The fourth-order valence-electron chi connectivity index (χ4n) is 3.37. The Kier molecular flexibility index (Phi) is 5.35. The highest BCUT2D eigenvalue weighted by Gasteiger charge is 2.28. The minimum absolute atomic E-state index is 0.0548. The molecule has 1 saturated heterocycles. The molecule has 2 aromatic rings. The largest absolute Gasteiger partial charge is 0.472 e. The Labute approximate surface area is 143 Å². The van der Waals surface area contributed by atoms with Gasteiger partial charge in [0, 0.05) is 37.9 Å². The number of carbonyl (C=O) groups is 1. The Morgan fingerprint density at radius 3 is 3.08 bits per heavy atom. The van der Waals surface area contributed by atoms with Crippen LogP contribution in [0.4, 0.5) is 0 Å². The van der Waals surface area contributed by atoms with Crippen molar-refractivity contribution in [2.24, 2.45) is 0 Å². The van der Waals surface area contributed by atoms with Crippen molar-refractivity contribution in [3.63, 3.8) is 0 Å². The van der Waals surface area contributed by atoms with E-state index in [0.717, 1.165) is 51.3 Å². The van der Waals surface area contributed by atoms with Crippen molar-refractivity contribution in [2.75, 3.05) is 33.7 Å². The average Bonchev–Trinajstić information content (AvgIpc) is 3.26. The molecule has 6 nitrogen and oxygen atoms in total. The Hall–Kier alpha value is -2.08. The third kappa shape index (κ3) is 3.87. The van der Waals surface area contributed by atoms with Crippen molar-refractivity contribution < 1.29 is 9.21 Å². The van der Waals surface area contributed by atoms with Gasteiger partial charge < -0.3 is 18.8 Å². The molecule has 6 heteroatoms. The summed E-state index contributed by atoms with van der Waals surface area (Å²) in [5.41, 5.74) is 0.630. The van der Waals surface area contributed by atoms with E-state index in [-0.39, 0.29) is 5.91 Å². The molecule has 3 heterocycles. The maximum atomic E-state index is 12.5. The zero-order chi connectivity index (χ0) is 16.9. The summed E-state index contributed by atoms with van der Waals surface area (Å²) in [6.07, 6.45) is 10.2. The number of furan rings is 1. The Balaban J connectivity index is 1.65. The normalized spacial score (nSPS) is 18.3. The molecular formula is C18H26N4O2. The van der Waals surface area contributed by atoms with E-state index in [4.69, 9.17) is 4.42 Å². The standard InChI is InChI=1S/C18H26N4O2/c1-20(2)8-4-10-21-11-7-19-17(21)15-5-3-9-22(13-15)18(23)16-6-12-24-14-16/h6-7,11-12,14-15H,3-5,8-10,13H2,1-2H3/t15-/m0/s1. The highest BCUT2D eigenvalue weighted by Crippen LogP contribution is 2.27.